The number of rotatable bonds is 3. The van der Waals surface area contributed by atoms with Crippen molar-refractivity contribution in [2.45, 2.75) is 12.8 Å². The van der Waals surface area contributed by atoms with Gasteiger partial charge in [-0.2, -0.15) is 0 Å². The predicted molar refractivity (Wildman–Crippen MR) is 50.9 cm³/mol. The highest BCUT2D eigenvalue weighted by Gasteiger charge is 1.96. The lowest BCUT2D eigenvalue weighted by Gasteiger charge is -1.95. The lowest BCUT2D eigenvalue weighted by Crippen LogP contribution is -1.96. The topological polar surface area (TPSA) is 37.3 Å². The van der Waals surface area contributed by atoms with E-state index in [0.29, 0.717) is 6.42 Å². The van der Waals surface area contributed by atoms with Crippen LogP contribution in [0.1, 0.15) is 12.0 Å². The van der Waals surface area contributed by atoms with Gasteiger partial charge in [0.2, 0.25) is 0 Å². The minimum atomic E-state index is -0.742. The molecule has 0 atom stereocenters. The van der Waals surface area contributed by atoms with Gasteiger partial charge in [0.1, 0.15) is 0 Å². The molecule has 3 heteroatoms. The van der Waals surface area contributed by atoms with E-state index in [2.05, 4.69) is 0 Å². The molecule has 0 aromatic heterocycles. The third kappa shape index (κ3) is 4.36. The average molecular weight is 176 g/mol. The third-order valence-electron chi connectivity index (χ3n) is 1.47. The zero-order chi connectivity index (χ0) is 8.10. The summed E-state index contributed by atoms with van der Waals surface area (Å²) in [5.74, 6) is -0.742. The molecule has 0 saturated heterocycles. The summed E-state index contributed by atoms with van der Waals surface area (Å²) in [6.45, 7) is 0. The van der Waals surface area contributed by atoms with E-state index >= 15 is 0 Å². The summed E-state index contributed by atoms with van der Waals surface area (Å²) in [4.78, 5) is 10.2. The number of carboxylic acids is 1. The van der Waals surface area contributed by atoms with Crippen molar-refractivity contribution in [2.75, 3.05) is 0 Å². The highest BCUT2D eigenvalue weighted by molar-refractivity contribution is 5.75. The maximum absolute atomic E-state index is 10.2. The maximum atomic E-state index is 10.2. The Morgan fingerprint density at radius 1 is 1.25 bits per heavy atom. The van der Waals surface area contributed by atoms with Gasteiger partial charge in [-0.3, -0.25) is 4.79 Å². The van der Waals surface area contributed by atoms with Gasteiger partial charge in [-0.05, 0) is 12.0 Å². The first-order chi connectivity index (χ1) is 5.29. The Balaban J connectivity index is 0.00000121. The highest BCUT2D eigenvalue weighted by Crippen LogP contribution is 2.01. The molecule has 62 valence electrons. The van der Waals surface area contributed by atoms with E-state index in [4.69, 9.17) is 5.11 Å². The van der Waals surface area contributed by atoms with Crippen LogP contribution in [0.3, 0.4) is 0 Å². The number of aliphatic carboxylic acids is 1. The molecule has 0 saturated carbocycles. The quantitative estimate of drug-likeness (QED) is 0.692. The van der Waals surface area contributed by atoms with E-state index in [1.165, 1.54) is 0 Å². The van der Waals surface area contributed by atoms with Crippen molar-refractivity contribution >= 4 is 29.0 Å². The molecule has 1 aromatic carbocycles. The second kappa shape index (κ2) is 6.03. The van der Waals surface area contributed by atoms with Gasteiger partial charge in [-0.15, -0.1) is 0 Å². The minimum Gasteiger partial charge on any atom is -0.481 e. The van der Waals surface area contributed by atoms with Gasteiger partial charge in [0.25, 0.3) is 0 Å². The zero-order valence-electron chi connectivity index (χ0n) is 6.16. The Kier molecular flexibility index (Phi) is 5.75. The molecule has 2 nitrogen and oxygen atoms in total. The second-order valence-electron chi connectivity index (χ2n) is 2.38. The van der Waals surface area contributed by atoms with Crippen molar-refractivity contribution < 1.29 is 9.90 Å². The van der Waals surface area contributed by atoms with Crippen molar-refractivity contribution in [3.05, 3.63) is 35.9 Å². The SMILES string of the molecule is O=C(O)CCc1ccccc1.[MgH2]. The van der Waals surface area contributed by atoms with Gasteiger partial charge in [-0.25, -0.2) is 0 Å². The molecule has 0 heterocycles. The van der Waals surface area contributed by atoms with Crippen LogP contribution in [0.5, 0.6) is 0 Å². The van der Waals surface area contributed by atoms with Gasteiger partial charge in [0.05, 0.1) is 0 Å². The Bertz CT molecular complexity index is 234. The highest BCUT2D eigenvalue weighted by atomic mass is 24.3. The lowest BCUT2D eigenvalue weighted by atomic mass is 10.1. The number of carbonyl (C=O) groups is 1. The van der Waals surface area contributed by atoms with Crippen LogP contribution in [0, 0.1) is 0 Å². The van der Waals surface area contributed by atoms with Crippen molar-refractivity contribution in [1.29, 1.82) is 0 Å². The fourth-order valence-electron chi connectivity index (χ4n) is 0.896. The van der Waals surface area contributed by atoms with Crippen LogP contribution < -0.4 is 0 Å². The minimum absolute atomic E-state index is 0. The van der Waals surface area contributed by atoms with Crippen molar-refractivity contribution in [3.63, 3.8) is 0 Å². The average Bonchev–Trinajstić information content (AvgIpc) is 2.03. The molecule has 0 unspecified atom stereocenters. The normalized spacial score (nSPS) is 8.67. The molecule has 1 rings (SSSR count). The van der Waals surface area contributed by atoms with E-state index in [-0.39, 0.29) is 29.5 Å². The molecule has 1 aromatic rings. The van der Waals surface area contributed by atoms with Crippen LogP contribution in [0.2, 0.25) is 0 Å². The summed E-state index contributed by atoms with van der Waals surface area (Å²) in [7, 11) is 0. The number of hydrogen-bond acceptors (Lipinski definition) is 1. The third-order valence-corrected chi connectivity index (χ3v) is 1.47. The molecule has 0 aliphatic carbocycles. The first-order valence-electron chi connectivity index (χ1n) is 3.55. The Morgan fingerprint density at radius 2 is 1.83 bits per heavy atom. The summed E-state index contributed by atoms with van der Waals surface area (Å²) in [5, 5.41) is 8.37. The number of hydrogen-bond donors (Lipinski definition) is 1. The standard InChI is InChI=1S/C9H10O2.Mg.2H/c10-9(11)7-6-8-4-2-1-3-5-8;;;/h1-5H,6-7H2,(H,10,11);;;. The number of carboxylic acid groups (broad SMARTS) is 1. The molecule has 0 spiro atoms. The molecule has 12 heavy (non-hydrogen) atoms. The molecule has 0 aliphatic rings. The predicted octanol–water partition coefficient (Wildman–Crippen LogP) is 0.788. The van der Waals surface area contributed by atoms with Crippen LogP contribution in [0.25, 0.3) is 0 Å². The van der Waals surface area contributed by atoms with E-state index in [1.54, 1.807) is 0 Å². The van der Waals surface area contributed by atoms with Gasteiger partial charge in [0.15, 0.2) is 0 Å². The van der Waals surface area contributed by atoms with Crippen molar-refractivity contribution in [2.24, 2.45) is 0 Å². The Morgan fingerprint density at radius 3 is 2.33 bits per heavy atom. The van der Waals surface area contributed by atoms with E-state index in [9.17, 15) is 4.79 Å². The second-order valence-corrected chi connectivity index (χ2v) is 2.38. The largest absolute Gasteiger partial charge is 0.481 e. The molecule has 0 radical (unpaired) electrons. The Hall–Kier alpha value is -0.544. The molecule has 0 aliphatic heterocycles. The monoisotopic (exact) mass is 176 g/mol. The summed E-state index contributed by atoms with van der Waals surface area (Å²) in [5.41, 5.74) is 1.08. The summed E-state index contributed by atoms with van der Waals surface area (Å²) in [6, 6.07) is 9.62. The molecule has 0 amide bonds. The molecule has 0 fully saturated rings. The molecule has 0 bridgehead atoms. The van der Waals surface area contributed by atoms with Crippen LogP contribution in [0.15, 0.2) is 30.3 Å². The smallest absolute Gasteiger partial charge is 0.316 e. The molecular weight excluding hydrogens is 164 g/mol. The van der Waals surface area contributed by atoms with Crippen LogP contribution in [-0.2, 0) is 11.2 Å². The molecular formula is C9H12MgO2. The first kappa shape index (κ1) is 11.5. The number of aryl methyl sites for hydroxylation is 1. The van der Waals surface area contributed by atoms with Crippen molar-refractivity contribution in [1.82, 2.24) is 0 Å². The first-order valence-corrected chi connectivity index (χ1v) is 3.55. The fourth-order valence-corrected chi connectivity index (χ4v) is 0.896. The van der Waals surface area contributed by atoms with Gasteiger partial charge >= 0.3 is 29.0 Å². The zero-order valence-corrected chi connectivity index (χ0v) is 6.16. The summed E-state index contributed by atoms with van der Waals surface area (Å²) < 4.78 is 0. The van der Waals surface area contributed by atoms with Gasteiger partial charge in [0, 0.05) is 6.42 Å². The van der Waals surface area contributed by atoms with Gasteiger partial charge < -0.3 is 5.11 Å². The lowest BCUT2D eigenvalue weighted by molar-refractivity contribution is -0.136. The van der Waals surface area contributed by atoms with Crippen LogP contribution in [-0.4, -0.2) is 34.1 Å². The summed E-state index contributed by atoms with van der Waals surface area (Å²) >= 11 is 0. The van der Waals surface area contributed by atoms with Crippen LogP contribution in [0.4, 0.5) is 0 Å². The Labute approximate surface area is 87.8 Å². The van der Waals surface area contributed by atoms with E-state index in [1.807, 2.05) is 30.3 Å². The fraction of sp³-hybridized carbons (Fsp3) is 0.222. The van der Waals surface area contributed by atoms with Gasteiger partial charge in [-0.1, -0.05) is 30.3 Å². The number of benzene rings is 1. The van der Waals surface area contributed by atoms with E-state index in [0.717, 1.165) is 5.56 Å². The maximum Gasteiger partial charge on any atom is 0.316 e. The van der Waals surface area contributed by atoms with E-state index < -0.39 is 5.97 Å². The molecule has 1 N–H and O–H groups in total. The van der Waals surface area contributed by atoms with Crippen molar-refractivity contribution in [3.8, 4) is 0 Å². The summed E-state index contributed by atoms with van der Waals surface area (Å²) in [6.07, 6.45) is 0.834. The van der Waals surface area contributed by atoms with Crippen LogP contribution >= 0.6 is 0 Å².